The molecule has 0 aromatic rings. The number of ether oxygens (including phenoxy) is 1. The van der Waals surface area contributed by atoms with Crippen LogP contribution < -0.4 is 0 Å². The van der Waals surface area contributed by atoms with Gasteiger partial charge in [0.2, 0.25) is 0 Å². The molecule has 0 amide bonds. The molecule has 12 heavy (non-hydrogen) atoms. The number of hydrogen-bond donors (Lipinski definition) is 0. The summed E-state index contributed by atoms with van der Waals surface area (Å²) in [5, 5.41) is 0. The van der Waals surface area contributed by atoms with Gasteiger partial charge in [0.15, 0.2) is 0 Å². The van der Waals surface area contributed by atoms with Crippen molar-refractivity contribution in [3.05, 3.63) is 12.7 Å². The first kappa shape index (κ1) is 9.30. The Labute approximate surface area is 73.6 Å². The quantitative estimate of drug-likeness (QED) is 0.475. The lowest BCUT2D eigenvalue weighted by Crippen LogP contribution is -2.11. The van der Waals surface area contributed by atoms with E-state index in [0.29, 0.717) is 6.61 Å². The second-order valence-corrected chi connectivity index (χ2v) is 3.66. The molecule has 1 aliphatic rings. The standard InChI is InChI=1S/C10H16O2/c1-4-6-10(3)7-8(10)9(11)12-5-2/h4,8H,1,5-7H2,2-3H3. The van der Waals surface area contributed by atoms with Crippen LogP contribution >= 0.6 is 0 Å². The van der Waals surface area contributed by atoms with Crippen LogP contribution in [-0.2, 0) is 9.53 Å². The summed E-state index contributed by atoms with van der Waals surface area (Å²) >= 11 is 0. The van der Waals surface area contributed by atoms with Gasteiger partial charge < -0.3 is 4.74 Å². The molecule has 1 saturated carbocycles. The van der Waals surface area contributed by atoms with Gasteiger partial charge in [0.25, 0.3) is 0 Å². The van der Waals surface area contributed by atoms with E-state index in [4.69, 9.17) is 4.74 Å². The summed E-state index contributed by atoms with van der Waals surface area (Å²) in [5.74, 6) is 0.0808. The molecule has 68 valence electrons. The van der Waals surface area contributed by atoms with Gasteiger partial charge >= 0.3 is 5.97 Å². The molecule has 0 saturated heterocycles. The second-order valence-electron chi connectivity index (χ2n) is 3.66. The van der Waals surface area contributed by atoms with Crippen molar-refractivity contribution in [2.24, 2.45) is 11.3 Å². The molecule has 1 rings (SSSR count). The topological polar surface area (TPSA) is 26.3 Å². The number of rotatable bonds is 4. The fourth-order valence-corrected chi connectivity index (χ4v) is 1.57. The molecule has 0 aromatic carbocycles. The lowest BCUT2D eigenvalue weighted by atomic mass is 10.0. The first-order valence-electron chi connectivity index (χ1n) is 4.41. The van der Waals surface area contributed by atoms with Crippen LogP contribution in [0.3, 0.4) is 0 Å². The Balaban J connectivity index is 2.39. The zero-order valence-electron chi connectivity index (χ0n) is 7.80. The third-order valence-corrected chi connectivity index (χ3v) is 2.53. The largest absolute Gasteiger partial charge is 0.466 e. The Bertz CT molecular complexity index is 198. The first-order chi connectivity index (χ1) is 5.64. The smallest absolute Gasteiger partial charge is 0.309 e. The fraction of sp³-hybridized carbons (Fsp3) is 0.700. The van der Waals surface area contributed by atoms with Gasteiger partial charge in [-0.2, -0.15) is 0 Å². The molecule has 2 heteroatoms. The van der Waals surface area contributed by atoms with Crippen LogP contribution in [0.2, 0.25) is 0 Å². The average Bonchev–Trinajstić information content (AvgIpc) is 2.64. The van der Waals surface area contributed by atoms with E-state index in [-0.39, 0.29) is 17.3 Å². The van der Waals surface area contributed by atoms with Crippen molar-refractivity contribution in [2.45, 2.75) is 26.7 Å². The highest BCUT2D eigenvalue weighted by molar-refractivity contribution is 5.76. The maximum absolute atomic E-state index is 11.2. The maximum Gasteiger partial charge on any atom is 0.309 e. The fourth-order valence-electron chi connectivity index (χ4n) is 1.57. The average molecular weight is 168 g/mol. The van der Waals surface area contributed by atoms with Gasteiger partial charge in [-0.1, -0.05) is 13.0 Å². The van der Waals surface area contributed by atoms with Gasteiger partial charge in [-0.05, 0) is 25.2 Å². The van der Waals surface area contributed by atoms with Crippen molar-refractivity contribution in [3.63, 3.8) is 0 Å². The highest BCUT2D eigenvalue weighted by Gasteiger charge is 2.54. The van der Waals surface area contributed by atoms with Gasteiger partial charge in [-0.3, -0.25) is 4.79 Å². The summed E-state index contributed by atoms with van der Waals surface area (Å²) < 4.78 is 4.93. The van der Waals surface area contributed by atoms with Crippen molar-refractivity contribution in [2.75, 3.05) is 6.61 Å². The normalized spacial score (nSPS) is 32.7. The van der Waals surface area contributed by atoms with E-state index in [1.165, 1.54) is 0 Å². The van der Waals surface area contributed by atoms with E-state index in [1.54, 1.807) is 0 Å². The van der Waals surface area contributed by atoms with Gasteiger partial charge in [0, 0.05) is 0 Å². The van der Waals surface area contributed by atoms with E-state index < -0.39 is 0 Å². The molecule has 2 nitrogen and oxygen atoms in total. The lowest BCUT2D eigenvalue weighted by Gasteiger charge is -2.06. The molecule has 2 atom stereocenters. The monoisotopic (exact) mass is 168 g/mol. The number of carbonyl (C=O) groups excluding carboxylic acids is 1. The second kappa shape index (κ2) is 3.30. The summed E-state index contributed by atoms with van der Waals surface area (Å²) in [6.45, 7) is 8.11. The molecule has 0 heterocycles. The van der Waals surface area contributed by atoms with Crippen LogP contribution in [0.1, 0.15) is 26.7 Å². The Hall–Kier alpha value is -0.790. The highest BCUT2D eigenvalue weighted by Crippen LogP contribution is 2.55. The van der Waals surface area contributed by atoms with Crippen molar-refractivity contribution >= 4 is 5.97 Å². The Morgan fingerprint density at radius 3 is 3.00 bits per heavy atom. The van der Waals surface area contributed by atoms with Crippen LogP contribution in [0.25, 0.3) is 0 Å². The number of hydrogen-bond acceptors (Lipinski definition) is 2. The molecular formula is C10H16O2. The van der Waals surface area contributed by atoms with Crippen LogP contribution in [0.15, 0.2) is 12.7 Å². The lowest BCUT2D eigenvalue weighted by molar-refractivity contribution is -0.145. The number of esters is 1. The summed E-state index contributed by atoms with van der Waals surface area (Å²) in [6, 6.07) is 0. The van der Waals surface area contributed by atoms with Gasteiger partial charge in [0.05, 0.1) is 12.5 Å². The Morgan fingerprint density at radius 1 is 1.83 bits per heavy atom. The zero-order chi connectivity index (χ0) is 9.19. The zero-order valence-corrected chi connectivity index (χ0v) is 7.80. The molecule has 0 aromatic heterocycles. The molecule has 1 aliphatic carbocycles. The molecule has 0 radical (unpaired) electrons. The van der Waals surface area contributed by atoms with Crippen LogP contribution in [0.5, 0.6) is 0 Å². The van der Waals surface area contributed by atoms with E-state index >= 15 is 0 Å². The molecule has 1 fully saturated rings. The minimum atomic E-state index is -0.0400. The van der Waals surface area contributed by atoms with Crippen molar-refractivity contribution in [1.82, 2.24) is 0 Å². The third-order valence-electron chi connectivity index (χ3n) is 2.53. The van der Waals surface area contributed by atoms with E-state index in [0.717, 1.165) is 12.8 Å². The maximum atomic E-state index is 11.2. The number of allylic oxidation sites excluding steroid dienone is 1. The molecule has 0 aliphatic heterocycles. The van der Waals surface area contributed by atoms with E-state index in [9.17, 15) is 4.79 Å². The predicted octanol–water partition coefficient (Wildman–Crippen LogP) is 2.15. The van der Waals surface area contributed by atoms with Crippen LogP contribution in [0, 0.1) is 11.3 Å². The first-order valence-corrected chi connectivity index (χ1v) is 4.41. The summed E-state index contributed by atoms with van der Waals surface area (Å²) in [6.07, 6.45) is 3.74. The van der Waals surface area contributed by atoms with Crippen molar-refractivity contribution in [3.8, 4) is 0 Å². The van der Waals surface area contributed by atoms with Crippen molar-refractivity contribution in [1.29, 1.82) is 0 Å². The van der Waals surface area contributed by atoms with Gasteiger partial charge in [-0.15, -0.1) is 6.58 Å². The summed E-state index contributed by atoms with van der Waals surface area (Å²) in [7, 11) is 0. The SMILES string of the molecule is C=CCC1(C)CC1C(=O)OCC. The molecule has 0 bridgehead atoms. The Kier molecular flexibility index (Phi) is 2.55. The predicted molar refractivity (Wildman–Crippen MR) is 47.7 cm³/mol. The molecule has 0 N–H and O–H groups in total. The number of carbonyl (C=O) groups is 1. The third kappa shape index (κ3) is 1.68. The molecular weight excluding hydrogens is 152 g/mol. The summed E-state index contributed by atoms with van der Waals surface area (Å²) in [4.78, 5) is 11.2. The minimum absolute atomic E-state index is 0.0400. The Morgan fingerprint density at radius 2 is 2.50 bits per heavy atom. The molecule has 2 unspecified atom stereocenters. The van der Waals surface area contributed by atoms with Gasteiger partial charge in [0.1, 0.15) is 0 Å². The summed E-state index contributed by atoms with van der Waals surface area (Å²) in [5.41, 5.74) is 0.147. The van der Waals surface area contributed by atoms with Crippen LogP contribution in [-0.4, -0.2) is 12.6 Å². The van der Waals surface area contributed by atoms with Gasteiger partial charge in [-0.25, -0.2) is 0 Å². The van der Waals surface area contributed by atoms with Crippen molar-refractivity contribution < 1.29 is 9.53 Å². The van der Waals surface area contributed by atoms with Crippen LogP contribution in [0.4, 0.5) is 0 Å². The van der Waals surface area contributed by atoms with E-state index in [1.807, 2.05) is 13.0 Å². The highest BCUT2D eigenvalue weighted by atomic mass is 16.5. The molecule has 0 spiro atoms. The van der Waals surface area contributed by atoms with E-state index in [2.05, 4.69) is 13.5 Å². The minimum Gasteiger partial charge on any atom is -0.466 e.